The van der Waals surface area contributed by atoms with Gasteiger partial charge in [-0.3, -0.25) is 9.88 Å². The van der Waals surface area contributed by atoms with Gasteiger partial charge in [0.05, 0.1) is 6.04 Å². The standard InChI is InChI=1S/C24H22N2O/c1-26(17-18-9-4-2-5-10-18)23(20-11-6-3-7-12-20)21-15-14-19-13-8-16-25-22(19)24(21)27/h2-16,23,27H,17H2,1H3. The zero-order valence-corrected chi connectivity index (χ0v) is 15.3. The van der Waals surface area contributed by atoms with Crippen LogP contribution in [0.5, 0.6) is 5.75 Å². The van der Waals surface area contributed by atoms with Crippen LogP contribution in [0.15, 0.2) is 91.1 Å². The second kappa shape index (κ2) is 7.60. The second-order valence-electron chi connectivity index (χ2n) is 6.79. The number of rotatable bonds is 5. The van der Waals surface area contributed by atoms with Crippen LogP contribution in [0.3, 0.4) is 0 Å². The van der Waals surface area contributed by atoms with Crippen LogP contribution in [0.1, 0.15) is 22.7 Å². The number of hydrogen-bond acceptors (Lipinski definition) is 3. The maximum absolute atomic E-state index is 11.0. The minimum atomic E-state index is -0.0715. The molecule has 0 spiro atoms. The lowest BCUT2D eigenvalue weighted by Crippen LogP contribution is -2.25. The van der Waals surface area contributed by atoms with Crippen LogP contribution in [-0.4, -0.2) is 22.0 Å². The smallest absolute Gasteiger partial charge is 0.146 e. The Hall–Kier alpha value is -3.17. The van der Waals surface area contributed by atoms with Gasteiger partial charge in [-0.05, 0) is 24.2 Å². The molecule has 3 aromatic carbocycles. The maximum atomic E-state index is 11.0. The fraction of sp³-hybridized carbons (Fsp3) is 0.125. The molecule has 1 aromatic heterocycles. The van der Waals surface area contributed by atoms with Gasteiger partial charge < -0.3 is 5.11 Å². The molecule has 4 aromatic rings. The number of phenols is 1. The average molecular weight is 354 g/mol. The predicted molar refractivity (Wildman–Crippen MR) is 110 cm³/mol. The van der Waals surface area contributed by atoms with Gasteiger partial charge in [-0.15, -0.1) is 0 Å². The monoisotopic (exact) mass is 354 g/mol. The van der Waals surface area contributed by atoms with Crippen molar-refractivity contribution < 1.29 is 5.11 Å². The highest BCUT2D eigenvalue weighted by molar-refractivity contribution is 5.85. The molecule has 1 N–H and O–H groups in total. The number of pyridine rings is 1. The van der Waals surface area contributed by atoms with Crippen LogP contribution in [-0.2, 0) is 6.54 Å². The van der Waals surface area contributed by atoms with Crippen LogP contribution < -0.4 is 0 Å². The van der Waals surface area contributed by atoms with E-state index in [0.29, 0.717) is 5.52 Å². The summed E-state index contributed by atoms with van der Waals surface area (Å²) in [7, 11) is 2.09. The lowest BCUT2D eigenvalue weighted by atomic mass is 9.95. The molecule has 0 saturated carbocycles. The van der Waals surface area contributed by atoms with Crippen molar-refractivity contribution in [1.82, 2.24) is 9.88 Å². The quantitative estimate of drug-likeness (QED) is 0.538. The Labute approximate surface area is 159 Å². The molecule has 1 unspecified atom stereocenters. The summed E-state index contributed by atoms with van der Waals surface area (Å²) in [4.78, 5) is 6.65. The third-order valence-electron chi connectivity index (χ3n) is 4.90. The van der Waals surface area contributed by atoms with Gasteiger partial charge in [0, 0.05) is 23.7 Å². The molecule has 0 aliphatic carbocycles. The Kier molecular flexibility index (Phi) is 4.86. The Morgan fingerprint density at radius 2 is 1.56 bits per heavy atom. The zero-order chi connectivity index (χ0) is 18.6. The summed E-state index contributed by atoms with van der Waals surface area (Å²) in [6, 6.07) is 28.5. The van der Waals surface area contributed by atoms with Gasteiger partial charge in [-0.1, -0.05) is 78.9 Å². The third kappa shape index (κ3) is 3.55. The molecule has 134 valence electrons. The third-order valence-corrected chi connectivity index (χ3v) is 4.90. The molecule has 0 radical (unpaired) electrons. The fourth-order valence-corrected chi connectivity index (χ4v) is 3.64. The second-order valence-corrected chi connectivity index (χ2v) is 6.79. The van der Waals surface area contributed by atoms with Crippen LogP contribution in [0.25, 0.3) is 10.9 Å². The van der Waals surface area contributed by atoms with Crippen LogP contribution >= 0.6 is 0 Å². The SMILES string of the molecule is CN(Cc1ccccc1)C(c1ccccc1)c1ccc2cccnc2c1O. The Morgan fingerprint density at radius 3 is 2.30 bits per heavy atom. The summed E-state index contributed by atoms with van der Waals surface area (Å²) in [5, 5.41) is 11.9. The minimum absolute atomic E-state index is 0.0715. The van der Waals surface area contributed by atoms with E-state index in [9.17, 15) is 5.11 Å². The molecule has 0 fully saturated rings. The number of nitrogens with zero attached hydrogens (tertiary/aromatic N) is 2. The van der Waals surface area contributed by atoms with Gasteiger partial charge in [-0.25, -0.2) is 0 Å². The number of aromatic hydroxyl groups is 1. The molecular weight excluding hydrogens is 332 g/mol. The number of aromatic nitrogens is 1. The molecule has 1 heterocycles. The Balaban J connectivity index is 1.80. The van der Waals surface area contributed by atoms with E-state index in [-0.39, 0.29) is 11.8 Å². The van der Waals surface area contributed by atoms with Crippen molar-refractivity contribution in [3.8, 4) is 5.75 Å². The van der Waals surface area contributed by atoms with Crippen LogP contribution in [0.2, 0.25) is 0 Å². The van der Waals surface area contributed by atoms with Gasteiger partial charge in [0.2, 0.25) is 0 Å². The lowest BCUT2D eigenvalue weighted by Gasteiger charge is -2.30. The highest BCUT2D eigenvalue weighted by Gasteiger charge is 2.23. The van der Waals surface area contributed by atoms with Gasteiger partial charge in [0.15, 0.2) is 0 Å². The summed E-state index contributed by atoms with van der Waals surface area (Å²) in [5.74, 6) is 0.252. The molecule has 4 rings (SSSR count). The van der Waals surface area contributed by atoms with E-state index >= 15 is 0 Å². The first-order valence-electron chi connectivity index (χ1n) is 9.10. The normalized spacial score (nSPS) is 12.4. The summed E-state index contributed by atoms with van der Waals surface area (Å²) in [6.07, 6.45) is 1.72. The molecule has 3 heteroatoms. The van der Waals surface area contributed by atoms with Crippen LogP contribution in [0.4, 0.5) is 0 Å². The average Bonchev–Trinajstić information content (AvgIpc) is 2.72. The van der Waals surface area contributed by atoms with Crippen molar-refractivity contribution in [2.75, 3.05) is 7.05 Å². The van der Waals surface area contributed by atoms with Crippen molar-refractivity contribution in [3.63, 3.8) is 0 Å². The van der Waals surface area contributed by atoms with E-state index in [1.54, 1.807) is 6.20 Å². The molecule has 0 aliphatic heterocycles. The van der Waals surface area contributed by atoms with Crippen molar-refractivity contribution in [3.05, 3.63) is 108 Å². The molecule has 27 heavy (non-hydrogen) atoms. The van der Waals surface area contributed by atoms with E-state index in [2.05, 4.69) is 53.3 Å². The maximum Gasteiger partial charge on any atom is 0.146 e. The number of fused-ring (bicyclic) bond motifs is 1. The molecule has 0 saturated heterocycles. The van der Waals surface area contributed by atoms with E-state index in [1.807, 2.05) is 48.5 Å². The van der Waals surface area contributed by atoms with Gasteiger partial charge in [0.25, 0.3) is 0 Å². The number of phenolic OH excluding ortho intramolecular Hbond substituents is 1. The topological polar surface area (TPSA) is 36.4 Å². The lowest BCUT2D eigenvalue weighted by molar-refractivity contribution is 0.265. The first kappa shape index (κ1) is 17.3. The molecule has 0 bridgehead atoms. The minimum Gasteiger partial charge on any atom is -0.505 e. The first-order valence-corrected chi connectivity index (χ1v) is 9.10. The Morgan fingerprint density at radius 1 is 0.852 bits per heavy atom. The van der Waals surface area contributed by atoms with Crippen molar-refractivity contribution >= 4 is 10.9 Å². The summed E-state index contributed by atoms with van der Waals surface area (Å²) in [6.45, 7) is 0.778. The Bertz CT molecular complexity index is 1030. The van der Waals surface area contributed by atoms with E-state index in [4.69, 9.17) is 0 Å². The number of hydrogen-bond donors (Lipinski definition) is 1. The predicted octanol–water partition coefficient (Wildman–Crippen LogP) is 5.16. The van der Waals surface area contributed by atoms with Gasteiger partial charge in [-0.2, -0.15) is 0 Å². The van der Waals surface area contributed by atoms with E-state index in [1.165, 1.54) is 5.56 Å². The first-order chi connectivity index (χ1) is 13.2. The van der Waals surface area contributed by atoms with Crippen molar-refractivity contribution in [2.24, 2.45) is 0 Å². The van der Waals surface area contributed by atoms with E-state index < -0.39 is 0 Å². The molecule has 0 amide bonds. The summed E-state index contributed by atoms with van der Waals surface area (Å²) >= 11 is 0. The van der Waals surface area contributed by atoms with Crippen LogP contribution in [0, 0.1) is 0 Å². The van der Waals surface area contributed by atoms with Crippen molar-refractivity contribution in [2.45, 2.75) is 12.6 Å². The summed E-state index contributed by atoms with van der Waals surface area (Å²) < 4.78 is 0. The largest absolute Gasteiger partial charge is 0.505 e. The van der Waals surface area contributed by atoms with E-state index in [0.717, 1.165) is 23.1 Å². The highest BCUT2D eigenvalue weighted by atomic mass is 16.3. The van der Waals surface area contributed by atoms with Crippen molar-refractivity contribution in [1.29, 1.82) is 0 Å². The highest BCUT2D eigenvalue weighted by Crippen LogP contribution is 2.37. The van der Waals surface area contributed by atoms with Gasteiger partial charge in [0.1, 0.15) is 11.3 Å². The molecule has 1 atom stereocenters. The fourth-order valence-electron chi connectivity index (χ4n) is 3.64. The number of benzene rings is 3. The molecule has 3 nitrogen and oxygen atoms in total. The molecule has 0 aliphatic rings. The van der Waals surface area contributed by atoms with Gasteiger partial charge >= 0.3 is 0 Å². The molecular formula is C24H22N2O. The zero-order valence-electron chi connectivity index (χ0n) is 15.3. The summed E-state index contributed by atoms with van der Waals surface area (Å²) in [5.41, 5.74) is 3.88.